The van der Waals surface area contributed by atoms with Crippen LogP contribution in [0.3, 0.4) is 0 Å². The highest BCUT2D eigenvalue weighted by Crippen LogP contribution is 2.22. The number of benzene rings is 1. The predicted octanol–water partition coefficient (Wildman–Crippen LogP) is 2.87. The van der Waals surface area contributed by atoms with Crippen molar-refractivity contribution in [2.24, 2.45) is 5.92 Å². The summed E-state index contributed by atoms with van der Waals surface area (Å²) in [4.78, 5) is 9.06. The van der Waals surface area contributed by atoms with Crippen LogP contribution in [0.2, 0.25) is 0 Å². The lowest BCUT2D eigenvalue weighted by Gasteiger charge is -2.11. The maximum atomic E-state index is 4.60. The number of hydrogen-bond donors (Lipinski definition) is 2. The van der Waals surface area contributed by atoms with Gasteiger partial charge in [0.2, 0.25) is 5.65 Å². The molecule has 2 N–H and O–H groups in total. The number of rotatable bonds is 5. The third-order valence-electron chi connectivity index (χ3n) is 3.53. The van der Waals surface area contributed by atoms with E-state index in [0.29, 0.717) is 22.9 Å². The number of hydrogen-bond acceptors (Lipinski definition) is 5. The zero-order valence-electron chi connectivity index (χ0n) is 12.2. The quantitative estimate of drug-likeness (QED) is 0.752. The van der Waals surface area contributed by atoms with Crippen molar-refractivity contribution in [2.75, 3.05) is 11.9 Å². The second-order valence-electron chi connectivity index (χ2n) is 5.15. The lowest BCUT2D eigenvalue weighted by molar-refractivity contribution is 0.593. The molecule has 0 saturated heterocycles. The van der Waals surface area contributed by atoms with Crippen LogP contribution in [0.4, 0.5) is 5.82 Å². The van der Waals surface area contributed by atoms with Gasteiger partial charge in [-0.1, -0.05) is 50.6 Å². The Balaban J connectivity index is 2.00. The van der Waals surface area contributed by atoms with Crippen LogP contribution in [-0.2, 0) is 0 Å². The summed E-state index contributed by atoms with van der Waals surface area (Å²) in [6.07, 6.45) is 1.12. The lowest BCUT2D eigenvalue weighted by atomic mass is 10.1. The van der Waals surface area contributed by atoms with Gasteiger partial charge < -0.3 is 5.32 Å². The van der Waals surface area contributed by atoms with Crippen molar-refractivity contribution in [1.82, 2.24) is 25.4 Å². The van der Waals surface area contributed by atoms with Crippen LogP contribution >= 0.6 is 0 Å². The van der Waals surface area contributed by atoms with Crippen molar-refractivity contribution in [2.45, 2.75) is 20.3 Å². The Hall–Kier alpha value is -2.50. The summed E-state index contributed by atoms with van der Waals surface area (Å²) in [6.45, 7) is 5.23. The Labute approximate surface area is 123 Å². The summed E-state index contributed by atoms with van der Waals surface area (Å²) in [5.74, 6) is 1.96. The molecular weight excluding hydrogens is 264 g/mol. The van der Waals surface area contributed by atoms with E-state index in [1.807, 2.05) is 30.3 Å². The second-order valence-corrected chi connectivity index (χ2v) is 5.15. The monoisotopic (exact) mass is 282 g/mol. The molecule has 0 radical (unpaired) electrons. The molecule has 6 nitrogen and oxygen atoms in total. The number of nitrogens with one attached hydrogen (secondary N) is 2. The summed E-state index contributed by atoms with van der Waals surface area (Å²) in [6, 6.07) is 9.88. The molecule has 0 fully saturated rings. The number of fused-ring (bicyclic) bond motifs is 1. The summed E-state index contributed by atoms with van der Waals surface area (Å²) in [7, 11) is 0. The summed E-state index contributed by atoms with van der Waals surface area (Å²) < 4.78 is 0. The first kappa shape index (κ1) is 13.5. The molecule has 2 aromatic heterocycles. The molecule has 1 aromatic carbocycles. The molecule has 0 amide bonds. The Morgan fingerprint density at radius 2 is 1.95 bits per heavy atom. The third kappa shape index (κ3) is 2.84. The van der Waals surface area contributed by atoms with E-state index in [9.17, 15) is 0 Å². The molecule has 2 heterocycles. The van der Waals surface area contributed by atoms with Gasteiger partial charge in [0.1, 0.15) is 0 Å². The van der Waals surface area contributed by atoms with Crippen molar-refractivity contribution in [3.05, 3.63) is 30.3 Å². The Bertz CT molecular complexity index is 721. The largest absolute Gasteiger partial charge is 0.368 e. The fourth-order valence-electron chi connectivity index (χ4n) is 2.00. The second kappa shape index (κ2) is 5.87. The van der Waals surface area contributed by atoms with Crippen LogP contribution in [-0.4, -0.2) is 31.9 Å². The topological polar surface area (TPSA) is 79.4 Å². The first-order chi connectivity index (χ1) is 10.3. The highest BCUT2D eigenvalue weighted by Gasteiger charge is 2.13. The first-order valence-corrected chi connectivity index (χ1v) is 7.15. The van der Waals surface area contributed by atoms with Crippen molar-refractivity contribution in [3.63, 3.8) is 0 Å². The predicted molar refractivity (Wildman–Crippen MR) is 82.9 cm³/mol. The smallest absolute Gasteiger partial charge is 0.207 e. The van der Waals surface area contributed by atoms with Crippen LogP contribution in [0, 0.1) is 5.92 Å². The standard InChI is InChI=1S/C15H18N6/c1-3-10(2)9-16-14-12-15(20-21-19-12)18-13(17-14)11-7-5-4-6-8-11/h4-8,10H,3,9H2,1-2H3,(H2,16,17,18,19,20,21). The van der Waals surface area contributed by atoms with E-state index in [1.165, 1.54) is 0 Å². The Morgan fingerprint density at radius 1 is 1.14 bits per heavy atom. The van der Waals surface area contributed by atoms with Crippen LogP contribution < -0.4 is 5.32 Å². The van der Waals surface area contributed by atoms with Crippen molar-refractivity contribution in [3.8, 4) is 11.4 Å². The normalized spacial score (nSPS) is 12.5. The Morgan fingerprint density at radius 3 is 2.71 bits per heavy atom. The highest BCUT2D eigenvalue weighted by molar-refractivity contribution is 5.83. The van der Waals surface area contributed by atoms with Gasteiger partial charge in [0.05, 0.1) is 0 Å². The van der Waals surface area contributed by atoms with E-state index >= 15 is 0 Å². The average Bonchev–Trinajstić information content (AvgIpc) is 3.01. The van der Waals surface area contributed by atoms with Gasteiger partial charge in [0.15, 0.2) is 17.2 Å². The maximum Gasteiger partial charge on any atom is 0.207 e. The van der Waals surface area contributed by atoms with Crippen LogP contribution in [0.5, 0.6) is 0 Å². The molecule has 0 aliphatic heterocycles. The van der Waals surface area contributed by atoms with Gasteiger partial charge in [-0.05, 0) is 5.92 Å². The molecule has 0 aliphatic rings. The van der Waals surface area contributed by atoms with Gasteiger partial charge in [0.25, 0.3) is 0 Å². The third-order valence-corrected chi connectivity index (χ3v) is 3.53. The molecule has 0 bridgehead atoms. The minimum Gasteiger partial charge on any atom is -0.368 e. The number of nitrogens with zero attached hydrogens (tertiary/aromatic N) is 4. The van der Waals surface area contributed by atoms with E-state index in [2.05, 4.69) is 44.5 Å². The van der Waals surface area contributed by atoms with Crippen LogP contribution in [0.25, 0.3) is 22.6 Å². The Kier molecular flexibility index (Phi) is 3.77. The summed E-state index contributed by atoms with van der Waals surface area (Å²) in [5, 5.41) is 14.2. The zero-order valence-corrected chi connectivity index (χ0v) is 12.2. The van der Waals surface area contributed by atoms with Gasteiger partial charge in [-0.3, -0.25) is 0 Å². The fraction of sp³-hybridized carbons (Fsp3) is 0.333. The van der Waals surface area contributed by atoms with Crippen molar-refractivity contribution in [1.29, 1.82) is 0 Å². The molecule has 3 rings (SSSR count). The van der Waals surface area contributed by atoms with Crippen molar-refractivity contribution < 1.29 is 0 Å². The van der Waals surface area contributed by atoms with Gasteiger partial charge in [-0.15, -0.1) is 5.10 Å². The van der Waals surface area contributed by atoms with E-state index < -0.39 is 0 Å². The highest BCUT2D eigenvalue weighted by atomic mass is 15.4. The molecule has 3 aromatic rings. The van der Waals surface area contributed by atoms with Gasteiger partial charge in [-0.2, -0.15) is 10.3 Å². The molecule has 21 heavy (non-hydrogen) atoms. The maximum absolute atomic E-state index is 4.60. The molecule has 0 aliphatic carbocycles. The number of anilines is 1. The van der Waals surface area contributed by atoms with E-state index in [1.54, 1.807) is 0 Å². The van der Waals surface area contributed by atoms with E-state index in [-0.39, 0.29) is 0 Å². The SMILES string of the molecule is CCC(C)CNc1nc(-c2ccccc2)nc2n[nH]nc12. The fourth-order valence-corrected chi connectivity index (χ4v) is 2.00. The van der Waals surface area contributed by atoms with Gasteiger partial charge in [0, 0.05) is 12.1 Å². The minimum atomic E-state index is 0.571. The molecule has 108 valence electrons. The molecular formula is C15H18N6. The number of aromatic amines is 1. The summed E-state index contributed by atoms with van der Waals surface area (Å²) in [5.41, 5.74) is 2.22. The molecule has 1 atom stereocenters. The lowest BCUT2D eigenvalue weighted by Crippen LogP contribution is -2.12. The summed E-state index contributed by atoms with van der Waals surface area (Å²) >= 11 is 0. The van der Waals surface area contributed by atoms with E-state index in [0.717, 1.165) is 24.3 Å². The van der Waals surface area contributed by atoms with Crippen molar-refractivity contribution >= 4 is 17.0 Å². The molecule has 0 saturated carbocycles. The van der Waals surface area contributed by atoms with Gasteiger partial charge >= 0.3 is 0 Å². The van der Waals surface area contributed by atoms with Crippen LogP contribution in [0.1, 0.15) is 20.3 Å². The average molecular weight is 282 g/mol. The zero-order chi connectivity index (χ0) is 14.7. The van der Waals surface area contributed by atoms with Crippen LogP contribution in [0.15, 0.2) is 30.3 Å². The molecule has 1 unspecified atom stereocenters. The van der Waals surface area contributed by atoms with E-state index in [4.69, 9.17) is 0 Å². The minimum absolute atomic E-state index is 0.571. The molecule has 6 heteroatoms. The molecule has 0 spiro atoms. The number of aromatic nitrogens is 5. The van der Waals surface area contributed by atoms with Gasteiger partial charge in [-0.25, -0.2) is 9.97 Å². The number of H-pyrrole nitrogens is 1. The first-order valence-electron chi connectivity index (χ1n) is 7.15.